The summed E-state index contributed by atoms with van der Waals surface area (Å²) in [6.07, 6.45) is 4.42. The molecule has 1 atom stereocenters. The average Bonchev–Trinajstić information content (AvgIpc) is 2.96. The summed E-state index contributed by atoms with van der Waals surface area (Å²) in [5, 5.41) is 3.29. The van der Waals surface area contributed by atoms with Gasteiger partial charge in [0.25, 0.3) is 0 Å². The van der Waals surface area contributed by atoms with Crippen LogP contribution in [0.3, 0.4) is 0 Å². The van der Waals surface area contributed by atoms with Crippen molar-refractivity contribution >= 4 is 0 Å². The second kappa shape index (κ2) is 7.21. The first-order chi connectivity index (χ1) is 6.83. The van der Waals surface area contributed by atoms with Gasteiger partial charge in [0.2, 0.25) is 0 Å². The molecule has 0 heterocycles. The Labute approximate surface area is 87.2 Å². The third-order valence-electron chi connectivity index (χ3n) is 2.54. The molecule has 0 aromatic heterocycles. The second-order valence-corrected chi connectivity index (χ2v) is 4.11. The van der Waals surface area contributed by atoms with Crippen LogP contribution in [0.5, 0.6) is 0 Å². The number of hydrogen-bond donors (Lipinski definition) is 1. The van der Waals surface area contributed by atoms with Crippen LogP contribution in [-0.4, -0.2) is 39.5 Å². The molecule has 0 bridgehead atoms. The van der Waals surface area contributed by atoms with Crippen LogP contribution < -0.4 is 5.32 Å². The van der Waals surface area contributed by atoms with Gasteiger partial charge in [0.15, 0.2) is 0 Å². The van der Waals surface area contributed by atoms with E-state index in [4.69, 9.17) is 9.47 Å². The van der Waals surface area contributed by atoms with Crippen LogP contribution in [0.2, 0.25) is 0 Å². The van der Waals surface area contributed by atoms with Crippen molar-refractivity contribution in [2.75, 3.05) is 33.4 Å². The van der Waals surface area contributed by atoms with Gasteiger partial charge >= 0.3 is 0 Å². The van der Waals surface area contributed by atoms with E-state index in [1.165, 1.54) is 19.3 Å². The molecule has 0 saturated heterocycles. The van der Waals surface area contributed by atoms with Crippen LogP contribution in [0.1, 0.15) is 26.2 Å². The first-order valence-electron chi connectivity index (χ1n) is 5.64. The first kappa shape index (κ1) is 12.0. The largest absolute Gasteiger partial charge is 0.383 e. The molecule has 0 aliphatic heterocycles. The zero-order chi connectivity index (χ0) is 10.2. The highest BCUT2D eigenvalue weighted by molar-refractivity contribution is 4.72. The molecule has 1 fully saturated rings. The van der Waals surface area contributed by atoms with Crippen LogP contribution in [0.15, 0.2) is 0 Å². The van der Waals surface area contributed by atoms with Gasteiger partial charge in [-0.15, -0.1) is 0 Å². The van der Waals surface area contributed by atoms with Crippen molar-refractivity contribution in [1.29, 1.82) is 0 Å². The van der Waals surface area contributed by atoms with Gasteiger partial charge in [-0.3, -0.25) is 0 Å². The summed E-state index contributed by atoms with van der Waals surface area (Å²) in [5.74, 6) is 0.976. The lowest BCUT2D eigenvalue weighted by molar-refractivity contribution is 0.0605. The molecule has 3 heteroatoms. The predicted molar refractivity (Wildman–Crippen MR) is 57.5 cm³/mol. The monoisotopic (exact) mass is 201 g/mol. The molecular formula is C11H23NO2. The zero-order valence-electron chi connectivity index (χ0n) is 9.42. The highest BCUT2D eigenvalue weighted by Crippen LogP contribution is 2.32. The molecule has 0 radical (unpaired) electrons. The van der Waals surface area contributed by atoms with E-state index >= 15 is 0 Å². The van der Waals surface area contributed by atoms with Crippen LogP contribution in [0.4, 0.5) is 0 Å². The minimum absolute atomic E-state index is 0.325. The third-order valence-corrected chi connectivity index (χ3v) is 2.54. The van der Waals surface area contributed by atoms with Crippen molar-refractivity contribution in [3.8, 4) is 0 Å². The second-order valence-electron chi connectivity index (χ2n) is 4.11. The van der Waals surface area contributed by atoms with E-state index in [9.17, 15) is 0 Å². The molecule has 84 valence electrons. The summed E-state index contributed by atoms with van der Waals surface area (Å²) >= 11 is 0. The Morgan fingerprint density at radius 1 is 1.36 bits per heavy atom. The lowest BCUT2D eigenvalue weighted by Gasteiger charge is -2.13. The molecule has 1 aliphatic rings. The van der Waals surface area contributed by atoms with Gasteiger partial charge in [0.1, 0.15) is 0 Å². The van der Waals surface area contributed by atoms with E-state index in [0.29, 0.717) is 6.10 Å². The number of ether oxygens (including phenoxy) is 2. The van der Waals surface area contributed by atoms with E-state index in [1.54, 1.807) is 7.11 Å². The topological polar surface area (TPSA) is 30.5 Å². The Hall–Kier alpha value is -0.120. The maximum absolute atomic E-state index is 5.67. The van der Waals surface area contributed by atoms with E-state index in [1.807, 2.05) is 0 Å². The summed E-state index contributed by atoms with van der Waals surface area (Å²) in [7, 11) is 1.72. The summed E-state index contributed by atoms with van der Waals surface area (Å²) in [6, 6.07) is 0. The van der Waals surface area contributed by atoms with E-state index < -0.39 is 0 Å². The average molecular weight is 201 g/mol. The highest BCUT2D eigenvalue weighted by atomic mass is 16.5. The Morgan fingerprint density at radius 3 is 2.79 bits per heavy atom. The number of nitrogens with one attached hydrogen (secondary N) is 1. The standard InChI is InChI=1S/C11H23NO2/c1-10(9-12-6-8-13-2)14-7-5-11-3-4-11/h10-12H,3-9H2,1-2H3. The fourth-order valence-corrected chi connectivity index (χ4v) is 1.38. The van der Waals surface area contributed by atoms with Crippen LogP contribution in [0, 0.1) is 5.92 Å². The maximum atomic E-state index is 5.67. The molecule has 14 heavy (non-hydrogen) atoms. The summed E-state index contributed by atoms with van der Waals surface area (Å²) in [5.41, 5.74) is 0. The van der Waals surface area contributed by atoms with Gasteiger partial charge in [-0.05, 0) is 19.3 Å². The van der Waals surface area contributed by atoms with Gasteiger partial charge in [0, 0.05) is 26.8 Å². The van der Waals surface area contributed by atoms with Crippen LogP contribution in [0.25, 0.3) is 0 Å². The number of methoxy groups -OCH3 is 1. The van der Waals surface area contributed by atoms with Crippen molar-refractivity contribution in [3.63, 3.8) is 0 Å². The molecule has 1 unspecified atom stereocenters. The lowest BCUT2D eigenvalue weighted by atomic mass is 10.3. The highest BCUT2D eigenvalue weighted by Gasteiger charge is 2.20. The fourth-order valence-electron chi connectivity index (χ4n) is 1.38. The molecule has 3 nitrogen and oxygen atoms in total. The molecule has 1 saturated carbocycles. The minimum atomic E-state index is 0.325. The number of hydrogen-bond acceptors (Lipinski definition) is 3. The number of rotatable bonds is 9. The quantitative estimate of drug-likeness (QED) is 0.572. The molecule has 1 N–H and O–H groups in total. The lowest BCUT2D eigenvalue weighted by Crippen LogP contribution is -2.29. The third kappa shape index (κ3) is 6.35. The molecule has 0 aromatic rings. The summed E-state index contributed by atoms with van der Waals surface area (Å²) in [6.45, 7) is 5.65. The van der Waals surface area contributed by atoms with E-state index in [-0.39, 0.29) is 0 Å². The van der Waals surface area contributed by atoms with Gasteiger partial charge < -0.3 is 14.8 Å². The van der Waals surface area contributed by atoms with Gasteiger partial charge in [-0.25, -0.2) is 0 Å². The van der Waals surface area contributed by atoms with Crippen molar-refractivity contribution < 1.29 is 9.47 Å². The van der Waals surface area contributed by atoms with Crippen molar-refractivity contribution in [2.45, 2.75) is 32.3 Å². The first-order valence-corrected chi connectivity index (χ1v) is 5.64. The predicted octanol–water partition coefficient (Wildman–Crippen LogP) is 1.43. The van der Waals surface area contributed by atoms with Crippen molar-refractivity contribution in [2.24, 2.45) is 5.92 Å². The summed E-state index contributed by atoms with van der Waals surface area (Å²) < 4.78 is 10.6. The molecule has 0 amide bonds. The smallest absolute Gasteiger partial charge is 0.0671 e. The van der Waals surface area contributed by atoms with Gasteiger partial charge in [-0.1, -0.05) is 12.8 Å². The normalized spacial score (nSPS) is 18.4. The fraction of sp³-hybridized carbons (Fsp3) is 1.00. The zero-order valence-corrected chi connectivity index (χ0v) is 9.42. The summed E-state index contributed by atoms with van der Waals surface area (Å²) in [4.78, 5) is 0. The van der Waals surface area contributed by atoms with Crippen molar-refractivity contribution in [1.82, 2.24) is 5.32 Å². The Bertz CT molecular complexity index is 137. The minimum Gasteiger partial charge on any atom is -0.383 e. The maximum Gasteiger partial charge on any atom is 0.0671 e. The molecule has 0 spiro atoms. The van der Waals surface area contributed by atoms with E-state index in [0.717, 1.165) is 32.2 Å². The van der Waals surface area contributed by atoms with E-state index in [2.05, 4.69) is 12.2 Å². The molecule has 1 aliphatic carbocycles. The Kier molecular flexibility index (Phi) is 6.15. The molecule has 0 aromatic carbocycles. The Morgan fingerprint density at radius 2 is 2.14 bits per heavy atom. The van der Waals surface area contributed by atoms with Crippen molar-refractivity contribution in [3.05, 3.63) is 0 Å². The molecular weight excluding hydrogens is 178 g/mol. The SMILES string of the molecule is COCCNCC(C)OCCC1CC1. The van der Waals surface area contributed by atoms with Crippen LogP contribution in [-0.2, 0) is 9.47 Å². The molecule has 1 rings (SSSR count). The van der Waals surface area contributed by atoms with Crippen LogP contribution >= 0.6 is 0 Å². The Balaban J connectivity index is 1.79. The van der Waals surface area contributed by atoms with Gasteiger partial charge in [0.05, 0.1) is 12.7 Å². The van der Waals surface area contributed by atoms with Gasteiger partial charge in [-0.2, -0.15) is 0 Å².